The van der Waals surface area contributed by atoms with Crippen molar-refractivity contribution in [3.05, 3.63) is 65.2 Å². The molecule has 1 aliphatic rings. The van der Waals surface area contributed by atoms with E-state index in [2.05, 4.69) is 16.0 Å². The van der Waals surface area contributed by atoms with Crippen LogP contribution in [-0.2, 0) is 11.3 Å². The first-order chi connectivity index (χ1) is 12.5. The first-order valence-corrected chi connectivity index (χ1v) is 8.99. The van der Waals surface area contributed by atoms with Crippen LogP contribution in [0, 0.1) is 18.8 Å². The number of benzene rings is 2. The molecule has 6 heteroatoms. The highest BCUT2D eigenvalue weighted by molar-refractivity contribution is 6.04. The molecule has 1 aliphatic heterocycles. The lowest BCUT2D eigenvalue weighted by atomic mass is 9.88. The van der Waals surface area contributed by atoms with Crippen molar-refractivity contribution in [2.24, 2.45) is 11.8 Å². The van der Waals surface area contributed by atoms with Crippen LogP contribution in [-0.4, -0.2) is 24.9 Å². The molecule has 1 saturated heterocycles. The topological polar surface area (TPSA) is 70.2 Å². The minimum Gasteiger partial charge on any atom is -0.348 e. The average molecular weight is 388 g/mol. The Hall–Kier alpha value is -2.37. The van der Waals surface area contributed by atoms with Crippen LogP contribution in [0.3, 0.4) is 0 Å². The van der Waals surface area contributed by atoms with Gasteiger partial charge in [0.05, 0.1) is 11.3 Å². The van der Waals surface area contributed by atoms with Crippen LogP contribution in [0.2, 0.25) is 0 Å². The van der Waals surface area contributed by atoms with E-state index in [0.717, 1.165) is 18.7 Å². The SMILES string of the molecule is Cc1ccc(CNC(=O)c2ccccc2NC(=O)C(C)C2CNC2)cc1.Cl. The molecule has 27 heavy (non-hydrogen) atoms. The molecule has 0 aromatic heterocycles. The van der Waals surface area contributed by atoms with Crippen molar-refractivity contribution < 1.29 is 9.59 Å². The maximum Gasteiger partial charge on any atom is 0.253 e. The summed E-state index contributed by atoms with van der Waals surface area (Å²) in [5, 5.41) is 9.02. The molecule has 144 valence electrons. The Morgan fingerprint density at radius 3 is 2.41 bits per heavy atom. The van der Waals surface area contributed by atoms with Crippen LogP contribution in [0.5, 0.6) is 0 Å². The number of hydrogen-bond donors (Lipinski definition) is 3. The van der Waals surface area contributed by atoms with E-state index in [-0.39, 0.29) is 30.1 Å². The second-order valence-corrected chi connectivity index (χ2v) is 6.91. The van der Waals surface area contributed by atoms with E-state index in [1.165, 1.54) is 5.56 Å². The third-order valence-electron chi connectivity index (χ3n) is 4.94. The lowest BCUT2D eigenvalue weighted by Gasteiger charge is -2.31. The molecule has 0 radical (unpaired) electrons. The molecule has 0 saturated carbocycles. The molecule has 1 atom stereocenters. The van der Waals surface area contributed by atoms with Gasteiger partial charge in [0, 0.05) is 12.5 Å². The van der Waals surface area contributed by atoms with E-state index in [1.807, 2.05) is 44.2 Å². The van der Waals surface area contributed by atoms with Crippen LogP contribution in [0.15, 0.2) is 48.5 Å². The van der Waals surface area contributed by atoms with Gasteiger partial charge >= 0.3 is 0 Å². The summed E-state index contributed by atoms with van der Waals surface area (Å²) < 4.78 is 0. The van der Waals surface area contributed by atoms with Gasteiger partial charge < -0.3 is 16.0 Å². The van der Waals surface area contributed by atoms with E-state index in [1.54, 1.807) is 18.2 Å². The van der Waals surface area contributed by atoms with Crippen molar-refractivity contribution in [3.8, 4) is 0 Å². The first-order valence-electron chi connectivity index (χ1n) is 8.99. The van der Waals surface area contributed by atoms with Crippen LogP contribution in [0.1, 0.15) is 28.4 Å². The molecular weight excluding hydrogens is 362 g/mol. The molecular formula is C21H26ClN3O2. The van der Waals surface area contributed by atoms with Gasteiger partial charge in [0.1, 0.15) is 0 Å². The molecule has 2 aromatic carbocycles. The predicted octanol–water partition coefficient (Wildman–Crippen LogP) is 3.14. The Bertz CT molecular complexity index is 788. The normalized spacial score (nSPS) is 14.4. The second kappa shape index (κ2) is 9.53. The van der Waals surface area contributed by atoms with Gasteiger partial charge in [-0.15, -0.1) is 12.4 Å². The quantitative estimate of drug-likeness (QED) is 0.713. The Balaban J connectivity index is 0.00000261. The number of anilines is 1. The zero-order chi connectivity index (χ0) is 18.5. The Morgan fingerprint density at radius 1 is 1.11 bits per heavy atom. The van der Waals surface area contributed by atoms with Gasteiger partial charge in [-0.3, -0.25) is 9.59 Å². The summed E-state index contributed by atoms with van der Waals surface area (Å²) in [7, 11) is 0. The number of carbonyl (C=O) groups is 2. The van der Waals surface area contributed by atoms with Gasteiger partial charge in [0.15, 0.2) is 0 Å². The number of nitrogens with one attached hydrogen (secondary N) is 3. The molecule has 3 rings (SSSR count). The fourth-order valence-corrected chi connectivity index (χ4v) is 2.90. The van der Waals surface area contributed by atoms with E-state index in [0.29, 0.717) is 23.7 Å². The maximum atomic E-state index is 12.6. The van der Waals surface area contributed by atoms with Crippen LogP contribution < -0.4 is 16.0 Å². The highest BCUT2D eigenvalue weighted by atomic mass is 35.5. The average Bonchev–Trinajstić information content (AvgIpc) is 2.60. The minimum atomic E-state index is -0.195. The minimum absolute atomic E-state index is 0. The number of amides is 2. The van der Waals surface area contributed by atoms with Crippen molar-refractivity contribution in [3.63, 3.8) is 0 Å². The standard InChI is InChI=1S/C21H25N3O2.ClH/c1-14-7-9-16(10-8-14)11-23-21(26)18-5-3-4-6-19(18)24-20(25)15(2)17-12-22-13-17;/h3-10,15,17,22H,11-13H2,1-2H3,(H,23,26)(H,24,25);1H. The number of halogens is 1. The summed E-state index contributed by atoms with van der Waals surface area (Å²) in [6.45, 7) is 6.15. The van der Waals surface area contributed by atoms with Crippen molar-refractivity contribution >= 4 is 29.9 Å². The summed E-state index contributed by atoms with van der Waals surface area (Å²) in [5.74, 6) is 0.0344. The molecule has 5 nitrogen and oxygen atoms in total. The van der Waals surface area contributed by atoms with E-state index < -0.39 is 0 Å². The van der Waals surface area contributed by atoms with E-state index in [9.17, 15) is 9.59 Å². The molecule has 0 aliphatic carbocycles. The number of aryl methyl sites for hydroxylation is 1. The summed E-state index contributed by atoms with van der Waals surface area (Å²) in [6.07, 6.45) is 0. The Labute approximate surface area is 166 Å². The maximum absolute atomic E-state index is 12.6. The number of rotatable bonds is 6. The van der Waals surface area contributed by atoms with Crippen molar-refractivity contribution in [2.45, 2.75) is 20.4 Å². The summed E-state index contributed by atoms with van der Waals surface area (Å²) in [5.41, 5.74) is 3.26. The second-order valence-electron chi connectivity index (χ2n) is 6.91. The van der Waals surface area contributed by atoms with Gasteiger partial charge in [0.2, 0.25) is 5.91 Å². The highest BCUT2D eigenvalue weighted by Crippen LogP contribution is 2.20. The summed E-state index contributed by atoms with van der Waals surface area (Å²) in [4.78, 5) is 25.0. The monoisotopic (exact) mass is 387 g/mol. The van der Waals surface area contributed by atoms with E-state index >= 15 is 0 Å². The smallest absolute Gasteiger partial charge is 0.253 e. The Morgan fingerprint density at radius 2 is 1.78 bits per heavy atom. The number of para-hydroxylation sites is 1. The highest BCUT2D eigenvalue weighted by Gasteiger charge is 2.29. The molecule has 1 heterocycles. The van der Waals surface area contributed by atoms with Gasteiger partial charge in [-0.2, -0.15) is 0 Å². The third-order valence-corrected chi connectivity index (χ3v) is 4.94. The molecule has 1 unspecified atom stereocenters. The number of hydrogen-bond acceptors (Lipinski definition) is 3. The molecule has 1 fully saturated rings. The first kappa shape index (κ1) is 20.9. The van der Waals surface area contributed by atoms with Crippen molar-refractivity contribution in [1.29, 1.82) is 0 Å². The van der Waals surface area contributed by atoms with Crippen LogP contribution in [0.4, 0.5) is 5.69 Å². The summed E-state index contributed by atoms with van der Waals surface area (Å²) >= 11 is 0. The largest absolute Gasteiger partial charge is 0.348 e. The lowest BCUT2D eigenvalue weighted by Crippen LogP contribution is -2.48. The zero-order valence-electron chi connectivity index (χ0n) is 15.6. The van der Waals surface area contributed by atoms with E-state index in [4.69, 9.17) is 0 Å². The molecule has 2 aromatic rings. The van der Waals surface area contributed by atoms with Crippen molar-refractivity contribution in [2.75, 3.05) is 18.4 Å². The molecule has 0 bridgehead atoms. The third kappa shape index (κ3) is 5.31. The van der Waals surface area contributed by atoms with Gasteiger partial charge in [0.25, 0.3) is 5.91 Å². The fraction of sp³-hybridized carbons (Fsp3) is 0.333. The predicted molar refractivity (Wildman–Crippen MR) is 110 cm³/mol. The van der Waals surface area contributed by atoms with Gasteiger partial charge in [-0.25, -0.2) is 0 Å². The zero-order valence-corrected chi connectivity index (χ0v) is 16.4. The fourth-order valence-electron chi connectivity index (χ4n) is 2.90. The van der Waals surface area contributed by atoms with Gasteiger partial charge in [-0.1, -0.05) is 48.9 Å². The van der Waals surface area contributed by atoms with Crippen molar-refractivity contribution in [1.82, 2.24) is 10.6 Å². The number of carbonyl (C=O) groups excluding carboxylic acids is 2. The van der Waals surface area contributed by atoms with Crippen LogP contribution >= 0.6 is 12.4 Å². The Kier molecular flexibility index (Phi) is 7.39. The van der Waals surface area contributed by atoms with Gasteiger partial charge in [-0.05, 0) is 43.6 Å². The van der Waals surface area contributed by atoms with Crippen LogP contribution in [0.25, 0.3) is 0 Å². The molecule has 0 spiro atoms. The molecule has 3 N–H and O–H groups in total. The summed E-state index contributed by atoms with van der Waals surface area (Å²) in [6, 6.07) is 15.2. The lowest BCUT2D eigenvalue weighted by molar-refractivity contribution is -0.121. The molecule has 2 amide bonds.